The average Bonchev–Trinajstić information content (AvgIpc) is 3.26. The third kappa shape index (κ3) is 11.5. The molecule has 1 aromatic rings. The molecule has 1 aliphatic heterocycles. The first-order valence-electron chi connectivity index (χ1n) is 10.6. The Labute approximate surface area is 204 Å². The van der Waals surface area contributed by atoms with Crippen molar-refractivity contribution < 1.29 is 32.5 Å². The van der Waals surface area contributed by atoms with Gasteiger partial charge in [0, 0.05) is 26.3 Å². The summed E-state index contributed by atoms with van der Waals surface area (Å²) < 4.78 is 54.6. The van der Waals surface area contributed by atoms with Gasteiger partial charge >= 0.3 is 6.18 Å². The quantitative estimate of drug-likeness (QED) is 0.154. The predicted molar refractivity (Wildman–Crippen MR) is 127 cm³/mol. The van der Waals surface area contributed by atoms with Gasteiger partial charge in [0.15, 0.2) is 5.96 Å². The zero-order valence-electron chi connectivity index (χ0n) is 18.2. The van der Waals surface area contributed by atoms with Crippen LogP contribution < -0.4 is 15.4 Å². The Bertz CT molecular complexity index is 674. The monoisotopic (exact) mass is 575 g/mol. The second kappa shape index (κ2) is 15.5. The number of halogens is 4. The number of nitrogens with zero attached hydrogens (tertiary/aromatic N) is 1. The summed E-state index contributed by atoms with van der Waals surface area (Å²) in [5, 5.41) is 16.3. The molecule has 0 amide bonds. The van der Waals surface area contributed by atoms with E-state index in [1.807, 2.05) is 6.92 Å². The van der Waals surface area contributed by atoms with E-state index in [1.165, 1.54) is 12.1 Å². The van der Waals surface area contributed by atoms with E-state index in [0.717, 1.165) is 38.0 Å². The van der Waals surface area contributed by atoms with E-state index in [-0.39, 0.29) is 49.0 Å². The van der Waals surface area contributed by atoms with Gasteiger partial charge in [-0.25, -0.2) is 0 Å². The van der Waals surface area contributed by atoms with Gasteiger partial charge in [-0.1, -0.05) is 6.07 Å². The van der Waals surface area contributed by atoms with E-state index in [9.17, 15) is 18.3 Å². The van der Waals surface area contributed by atoms with Crippen LogP contribution in [0.25, 0.3) is 0 Å². The molecule has 0 spiro atoms. The van der Waals surface area contributed by atoms with Crippen molar-refractivity contribution in [3.63, 3.8) is 0 Å². The van der Waals surface area contributed by atoms with Crippen molar-refractivity contribution in [3.8, 4) is 5.75 Å². The van der Waals surface area contributed by atoms with Crippen LogP contribution in [-0.4, -0.2) is 69.3 Å². The lowest BCUT2D eigenvalue weighted by Gasteiger charge is -2.15. The fourth-order valence-corrected chi connectivity index (χ4v) is 2.92. The largest absolute Gasteiger partial charge is 0.491 e. The Morgan fingerprint density at radius 1 is 1.34 bits per heavy atom. The van der Waals surface area contributed by atoms with Crippen LogP contribution in [0.15, 0.2) is 29.3 Å². The molecule has 2 unspecified atom stereocenters. The van der Waals surface area contributed by atoms with Gasteiger partial charge in [-0.2, -0.15) is 13.2 Å². The first-order chi connectivity index (χ1) is 14.9. The average molecular weight is 575 g/mol. The summed E-state index contributed by atoms with van der Waals surface area (Å²) in [6.07, 6.45) is -2.25. The SMILES string of the molecule is CCNC(=NCC(O)COc1cccc(C(F)(F)F)c1)NCCCOCC1CCCO1.I. The maximum atomic E-state index is 12.7. The molecule has 0 aliphatic carbocycles. The van der Waals surface area contributed by atoms with Gasteiger partial charge in [-0.3, -0.25) is 4.99 Å². The van der Waals surface area contributed by atoms with Crippen molar-refractivity contribution in [1.29, 1.82) is 0 Å². The molecule has 1 aliphatic rings. The van der Waals surface area contributed by atoms with Crippen LogP contribution in [-0.2, 0) is 15.7 Å². The van der Waals surface area contributed by atoms with E-state index in [4.69, 9.17) is 14.2 Å². The topological polar surface area (TPSA) is 84.3 Å². The highest BCUT2D eigenvalue weighted by Crippen LogP contribution is 2.31. The van der Waals surface area contributed by atoms with Gasteiger partial charge in [0.2, 0.25) is 0 Å². The van der Waals surface area contributed by atoms with Crippen LogP contribution in [0.1, 0.15) is 31.7 Å². The van der Waals surface area contributed by atoms with E-state index in [0.29, 0.717) is 32.3 Å². The molecular weight excluding hydrogens is 542 g/mol. The first kappa shape index (κ1) is 28.7. The minimum absolute atomic E-state index is 0. The lowest BCUT2D eigenvalue weighted by Crippen LogP contribution is -2.39. The normalized spacial score (nSPS) is 17.5. The van der Waals surface area contributed by atoms with Gasteiger partial charge in [0.1, 0.15) is 18.5 Å². The lowest BCUT2D eigenvalue weighted by atomic mass is 10.2. The van der Waals surface area contributed by atoms with Crippen molar-refractivity contribution in [3.05, 3.63) is 29.8 Å². The fraction of sp³-hybridized carbons (Fsp3) is 0.667. The van der Waals surface area contributed by atoms with Gasteiger partial charge in [0.25, 0.3) is 0 Å². The van der Waals surface area contributed by atoms with Gasteiger partial charge in [-0.05, 0) is 44.4 Å². The molecule has 0 bridgehead atoms. The number of guanidine groups is 1. The minimum atomic E-state index is -4.44. The lowest BCUT2D eigenvalue weighted by molar-refractivity contribution is -0.137. The molecular formula is C21H33F3IN3O4. The third-order valence-corrected chi connectivity index (χ3v) is 4.49. The van der Waals surface area contributed by atoms with Crippen LogP contribution in [0.4, 0.5) is 13.2 Å². The van der Waals surface area contributed by atoms with Crippen molar-refractivity contribution in [2.24, 2.45) is 4.99 Å². The van der Waals surface area contributed by atoms with Crippen molar-refractivity contribution >= 4 is 29.9 Å². The highest BCUT2D eigenvalue weighted by molar-refractivity contribution is 14.0. The molecule has 7 nitrogen and oxygen atoms in total. The summed E-state index contributed by atoms with van der Waals surface area (Å²) in [4.78, 5) is 4.29. The van der Waals surface area contributed by atoms with Gasteiger partial charge in [0.05, 0.1) is 24.8 Å². The number of benzene rings is 1. The minimum Gasteiger partial charge on any atom is -0.491 e. The highest BCUT2D eigenvalue weighted by atomic mass is 127. The number of hydrogen-bond donors (Lipinski definition) is 3. The Balaban J connectivity index is 0.00000512. The second-order valence-corrected chi connectivity index (χ2v) is 7.20. The zero-order valence-corrected chi connectivity index (χ0v) is 20.5. The molecule has 0 saturated carbocycles. The number of aliphatic imine (C=N–C) groups is 1. The number of hydrogen-bond acceptors (Lipinski definition) is 5. The third-order valence-electron chi connectivity index (χ3n) is 4.49. The summed E-state index contributed by atoms with van der Waals surface area (Å²) in [5.41, 5.74) is -0.795. The van der Waals surface area contributed by atoms with Crippen LogP contribution in [0.2, 0.25) is 0 Å². The Morgan fingerprint density at radius 3 is 2.84 bits per heavy atom. The summed E-state index contributed by atoms with van der Waals surface area (Å²) in [6, 6.07) is 4.55. The highest BCUT2D eigenvalue weighted by Gasteiger charge is 2.30. The van der Waals surface area contributed by atoms with Crippen LogP contribution in [0.3, 0.4) is 0 Å². The molecule has 1 fully saturated rings. The Morgan fingerprint density at radius 2 is 2.16 bits per heavy atom. The number of alkyl halides is 3. The molecule has 0 radical (unpaired) electrons. The molecule has 1 heterocycles. The zero-order chi connectivity index (χ0) is 22.5. The molecule has 3 N–H and O–H groups in total. The number of aliphatic hydroxyl groups excluding tert-OH is 1. The van der Waals surface area contributed by atoms with E-state index in [2.05, 4.69) is 15.6 Å². The maximum Gasteiger partial charge on any atom is 0.416 e. The van der Waals surface area contributed by atoms with E-state index < -0.39 is 17.8 Å². The molecule has 11 heteroatoms. The van der Waals surface area contributed by atoms with Crippen LogP contribution >= 0.6 is 24.0 Å². The molecule has 184 valence electrons. The summed E-state index contributed by atoms with van der Waals surface area (Å²) in [6.45, 7) is 5.15. The van der Waals surface area contributed by atoms with Crippen LogP contribution in [0, 0.1) is 0 Å². The second-order valence-electron chi connectivity index (χ2n) is 7.20. The fourth-order valence-electron chi connectivity index (χ4n) is 2.92. The summed E-state index contributed by atoms with van der Waals surface area (Å²) in [7, 11) is 0. The van der Waals surface area contributed by atoms with Crippen molar-refractivity contribution in [2.75, 3.05) is 46.1 Å². The van der Waals surface area contributed by atoms with Crippen molar-refractivity contribution in [2.45, 2.75) is 44.6 Å². The van der Waals surface area contributed by atoms with E-state index >= 15 is 0 Å². The Kier molecular flexibility index (Phi) is 13.9. The number of nitrogens with one attached hydrogen (secondary N) is 2. The molecule has 2 rings (SSSR count). The first-order valence-corrected chi connectivity index (χ1v) is 10.6. The number of ether oxygens (including phenoxy) is 3. The smallest absolute Gasteiger partial charge is 0.416 e. The summed E-state index contributed by atoms with van der Waals surface area (Å²) in [5.74, 6) is 0.589. The summed E-state index contributed by atoms with van der Waals surface area (Å²) >= 11 is 0. The maximum absolute atomic E-state index is 12.7. The number of rotatable bonds is 12. The molecule has 2 atom stereocenters. The van der Waals surface area contributed by atoms with E-state index in [1.54, 1.807) is 0 Å². The van der Waals surface area contributed by atoms with Crippen LogP contribution in [0.5, 0.6) is 5.75 Å². The molecule has 1 aromatic carbocycles. The van der Waals surface area contributed by atoms with Crippen molar-refractivity contribution in [1.82, 2.24) is 10.6 Å². The Hall–Kier alpha value is -1.31. The standard InChI is InChI=1S/C21H32F3N3O4.HI/c1-2-25-20(26-9-5-10-29-15-19-8-4-11-30-19)27-13-17(28)14-31-18-7-3-6-16(12-18)21(22,23)24;/h3,6-7,12,17,19,28H,2,4-5,8-11,13-15H2,1H3,(H2,25,26,27);1H. The van der Waals surface area contributed by atoms with Gasteiger partial charge in [-0.15, -0.1) is 24.0 Å². The predicted octanol–water partition coefficient (Wildman–Crippen LogP) is 3.20. The number of aliphatic hydroxyl groups is 1. The molecule has 32 heavy (non-hydrogen) atoms. The van der Waals surface area contributed by atoms with Gasteiger partial charge < -0.3 is 30.0 Å². The molecule has 1 saturated heterocycles. The molecule has 0 aromatic heterocycles.